The third-order valence-corrected chi connectivity index (χ3v) is 5.19. The van der Waals surface area contributed by atoms with Crippen LogP contribution in [0.3, 0.4) is 0 Å². The van der Waals surface area contributed by atoms with E-state index >= 15 is 0 Å². The quantitative estimate of drug-likeness (QED) is 0.635. The predicted molar refractivity (Wildman–Crippen MR) is 120 cm³/mol. The van der Waals surface area contributed by atoms with Crippen molar-refractivity contribution in [3.8, 4) is 23.0 Å². The van der Waals surface area contributed by atoms with E-state index in [0.29, 0.717) is 49.1 Å². The Labute approximate surface area is 181 Å². The van der Waals surface area contributed by atoms with Crippen LogP contribution >= 0.6 is 0 Å². The minimum Gasteiger partial charge on any atom is -0.506 e. The fourth-order valence-corrected chi connectivity index (χ4v) is 3.52. The van der Waals surface area contributed by atoms with Crippen LogP contribution in [-0.4, -0.2) is 49.3 Å². The van der Waals surface area contributed by atoms with E-state index in [1.54, 1.807) is 48.4 Å². The highest BCUT2D eigenvalue weighted by atomic mass is 16.5. The molecule has 160 valence electrons. The lowest BCUT2D eigenvalue weighted by atomic mass is 10.2. The van der Waals surface area contributed by atoms with Crippen LogP contribution in [-0.2, 0) is 0 Å². The van der Waals surface area contributed by atoms with Gasteiger partial charge in [-0.05, 0) is 48.5 Å². The number of anilines is 2. The van der Waals surface area contributed by atoms with Gasteiger partial charge in [-0.1, -0.05) is 24.3 Å². The number of carbonyl (C=O) groups excluding carboxylic acids is 1. The second kappa shape index (κ2) is 9.30. The fraction of sp³-hybridized carbons (Fsp3) is 0.208. The third-order valence-electron chi connectivity index (χ3n) is 5.19. The van der Waals surface area contributed by atoms with Gasteiger partial charge in [0.05, 0.1) is 12.8 Å². The Hall–Kier alpha value is -3.87. The summed E-state index contributed by atoms with van der Waals surface area (Å²) in [6.07, 6.45) is 0. The van der Waals surface area contributed by atoms with E-state index in [-0.39, 0.29) is 11.8 Å². The zero-order valence-corrected chi connectivity index (χ0v) is 17.3. The number of hydrogen-bond donors (Lipinski definition) is 2. The number of piperazine rings is 1. The number of ether oxygens (including phenoxy) is 2. The molecule has 0 unspecified atom stereocenters. The number of nitrogens with one attached hydrogen (secondary N) is 1. The first-order chi connectivity index (χ1) is 15.1. The summed E-state index contributed by atoms with van der Waals surface area (Å²) in [6.45, 7) is 2.48. The normalized spacial score (nSPS) is 13.6. The number of aromatic hydroxyl groups is 1. The number of urea groups is 1. The van der Waals surface area contributed by atoms with Gasteiger partial charge in [-0.3, -0.25) is 0 Å². The van der Waals surface area contributed by atoms with E-state index in [9.17, 15) is 9.90 Å². The van der Waals surface area contributed by atoms with Gasteiger partial charge in [0.15, 0.2) is 11.5 Å². The van der Waals surface area contributed by atoms with Gasteiger partial charge in [0.1, 0.15) is 11.5 Å². The van der Waals surface area contributed by atoms with Gasteiger partial charge in [0.25, 0.3) is 0 Å². The van der Waals surface area contributed by atoms with Crippen molar-refractivity contribution in [2.24, 2.45) is 0 Å². The van der Waals surface area contributed by atoms with Gasteiger partial charge >= 0.3 is 6.03 Å². The Morgan fingerprint density at radius 3 is 2.19 bits per heavy atom. The van der Waals surface area contributed by atoms with E-state index in [1.165, 1.54) is 0 Å². The van der Waals surface area contributed by atoms with Crippen LogP contribution in [0.2, 0.25) is 0 Å². The summed E-state index contributed by atoms with van der Waals surface area (Å²) in [5, 5.41) is 13.0. The maximum absolute atomic E-state index is 12.6. The van der Waals surface area contributed by atoms with Crippen molar-refractivity contribution in [3.05, 3.63) is 72.8 Å². The molecule has 7 heteroatoms. The molecule has 0 bridgehead atoms. The third kappa shape index (κ3) is 4.83. The monoisotopic (exact) mass is 419 g/mol. The SMILES string of the molecule is COc1ccccc1Oc1ccc(NC(=O)N2CCN(c3ccccc3O)CC2)cc1. The van der Waals surface area contributed by atoms with Crippen LogP contribution in [0.1, 0.15) is 0 Å². The number of rotatable bonds is 5. The first kappa shape index (κ1) is 20.4. The van der Waals surface area contributed by atoms with Crippen LogP contribution in [0.15, 0.2) is 72.8 Å². The molecule has 2 N–H and O–H groups in total. The number of phenolic OH excluding ortho intramolecular Hbond substituents is 1. The molecule has 1 heterocycles. The summed E-state index contributed by atoms with van der Waals surface area (Å²) in [5.41, 5.74) is 1.49. The van der Waals surface area contributed by atoms with E-state index in [0.717, 1.165) is 5.69 Å². The topological polar surface area (TPSA) is 74.3 Å². The first-order valence-electron chi connectivity index (χ1n) is 10.1. The van der Waals surface area contributed by atoms with Crippen molar-refractivity contribution in [2.45, 2.75) is 0 Å². The highest BCUT2D eigenvalue weighted by Crippen LogP contribution is 2.31. The number of methoxy groups -OCH3 is 1. The number of para-hydroxylation sites is 4. The number of hydrogen-bond acceptors (Lipinski definition) is 5. The number of carbonyl (C=O) groups is 1. The molecule has 4 rings (SSSR count). The largest absolute Gasteiger partial charge is 0.506 e. The molecular weight excluding hydrogens is 394 g/mol. The van der Waals surface area contributed by atoms with Gasteiger partial charge in [0, 0.05) is 31.9 Å². The molecule has 0 aromatic heterocycles. The standard InChI is InChI=1S/C24H25N3O4/c1-30-22-8-4-5-9-23(22)31-19-12-10-18(11-13-19)25-24(29)27-16-14-26(15-17-27)20-6-2-3-7-21(20)28/h2-13,28H,14-17H2,1H3,(H,25,29). The molecule has 0 aliphatic carbocycles. The van der Waals surface area contributed by atoms with Gasteiger partial charge in [0.2, 0.25) is 0 Å². The second-order valence-electron chi connectivity index (χ2n) is 7.17. The van der Waals surface area contributed by atoms with Crippen molar-refractivity contribution in [3.63, 3.8) is 0 Å². The summed E-state index contributed by atoms with van der Waals surface area (Å²) in [6, 6.07) is 21.8. The second-order valence-corrected chi connectivity index (χ2v) is 7.17. The lowest BCUT2D eigenvalue weighted by Crippen LogP contribution is -2.50. The Balaban J connectivity index is 1.31. The summed E-state index contributed by atoms with van der Waals surface area (Å²) in [7, 11) is 1.60. The van der Waals surface area contributed by atoms with Crippen molar-refractivity contribution < 1.29 is 19.4 Å². The highest BCUT2D eigenvalue weighted by Gasteiger charge is 2.22. The molecule has 0 saturated carbocycles. The molecule has 1 saturated heterocycles. The number of phenols is 1. The average molecular weight is 419 g/mol. The van der Waals surface area contributed by atoms with Crippen LogP contribution in [0, 0.1) is 0 Å². The maximum atomic E-state index is 12.6. The van der Waals surface area contributed by atoms with Crippen molar-refractivity contribution in [1.82, 2.24) is 4.90 Å². The molecule has 3 aromatic rings. The van der Waals surface area contributed by atoms with Crippen LogP contribution in [0.4, 0.5) is 16.2 Å². The fourth-order valence-electron chi connectivity index (χ4n) is 3.52. The van der Waals surface area contributed by atoms with Gasteiger partial charge in [-0.25, -0.2) is 4.79 Å². The molecule has 3 aromatic carbocycles. The van der Waals surface area contributed by atoms with Crippen molar-refractivity contribution >= 4 is 17.4 Å². The van der Waals surface area contributed by atoms with E-state index in [2.05, 4.69) is 10.2 Å². The minimum atomic E-state index is -0.143. The van der Waals surface area contributed by atoms with Gasteiger partial charge < -0.3 is 29.7 Å². The van der Waals surface area contributed by atoms with E-state index in [1.807, 2.05) is 36.4 Å². The molecule has 31 heavy (non-hydrogen) atoms. The van der Waals surface area contributed by atoms with Crippen molar-refractivity contribution in [2.75, 3.05) is 43.5 Å². The molecule has 0 atom stereocenters. The number of nitrogens with zero attached hydrogens (tertiary/aromatic N) is 2. The average Bonchev–Trinajstić information content (AvgIpc) is 2.81. The first-order valence-corrected chi connectivity index (χ1v) is 10.1. The molecule has 1 aliphatic heterocycles. The van der Waals surface area contributed by atoms with Gasteiger partial charge in [-0.15, -0.1) is 0 Å². The molecule has 2 amide bonds. The lowest BCUT2D eigenvalue weighted by Gasteiger charge is -2.36. The van der Waals surface area contributed by atoms with Crippen LogP contribution in [0.25, 0.3) is 0 Å². The molecule has 1 aliphatic rings. The van der Waals surface area contributed by atoms with Crippen molar-refractivity contribution in [1.29, 1.82) is 0 Å². The molecular formula is C24H25N3O4. The number of amides is 2. The molecule has 1 fully saturated rings. The summed E-state index contributed by atoms with van der Waals surface area (Å²) in [4.78, 5) is 16.5. The number of benzene rings is 3. The van der Waals surface area contributed by atoms with Crippen LogP contribution in [0.5, 0.6) is 23.0 Å². The summed E-state index contributed by atoms with van der Waals surface area (Å²) >= 11 is 0. The highest BCUT2D eigenvalue weighted by molar-refractivity contribution is 5.89. The minimum absolute atomic E-state index is 0.143. The van der Waals surface area contributed by atoms with E-state index in [4.69, 9.17) is 9.47 Å². The summed E-state index contributed by atoms with van der Waals surface area (Å²) in [5.74, 6) is 2.20. The Bertz CT molecular complexity index is 1030. The zero-order chi connectivity index (χ0) is 21.6. The zero-order valence-electron chi connectivity index (χ0n) is 17.3. The maximum Gasteiger partial charge on any atom is 0.321 e. The predicted octanol–water partition coefficient (Wildman–Crippen LogP) is 4.55. The molecule has 7 nitrogen and oxygen atoms in total. The Morgan fingerprint density at radius 2 is 1.52 bits per heavy atom. The lowest BCUT2D eigenvalue weighted by molar-refractivity contribution is 0.208. The van der Waals surface area contributed by atoms with E-state index < -0.39 is 0 Å². The summed E-state index contributed by atoms with van der Waals surface area (Å²) < 4.78 is 11.2. The molecule has 0 spiro atoms. The Kier molecular flexibility index (Phi) is 6.12. The smallest absolute Gasteiger partial charge is 0.321 e. The Morgan fingerprint density at radius 1 is 0.871 bits per heavy atom. The van der Waals surface area contributed by atoms with Crippen LogP contribution < -0.4 is 19.7 Å². The molecule has 0 radical (unpaired) electrons. The van der Waals surface area contributed by atoms with Gasteiger partial charge in [-0.2, -0.15) is 0 Å².